The van der Waals surface area contributed by atoms with Crippen molar-refractivity contribution in [1.29, 1.82) is 0 Å². The minimum Gasteiger partial charge on any atom is -0.361 e. The first kappa shape index (κ1) is 11.5. The quantitative estimate of drug-likeness (QED) is 0.763. The van der Waals surface area contributed by atoms with Gasteiger partial charge >= 0.3 is 0 Å². The molecule has 0 aromatic heterocycles. The highest BCUT2D eigenvalue weighted by atomic mass is 16.2. The number of hydrogen-bond acceptors (Lipinski definition) is 3. The van der Waals surface area contributed by atoms with Gasteiger partial charge in [-0.2, -0.15) is 0 Å². The lowest BCUT2D eigenvalue weighted by Gasteiger charge is -2.21. The van der Waals surface area contributed by atoms with Crippen molar-refractivity contribution in [3.8, 4) is 12.3 Å². The average Bonchev–Trinajstić information content (AvgIpc) is 2.61. The first-order valence-electron chi connectivity index (χ1n) is 5.56. The van der Waals surface area contributed by atoms with Gasteiger partial charge in [0.25, 0.3) is 0 Å². The summed E-state index contributed by atoms with van der Waals surface area (Å²) in [7, 11) is 0. The second-order valence-electron chi connectivity index (χ2n) is 3.96. The van der Waals surface area contributed by atoms with E-state index in [4.69, 9.17) is 12.2 Å². The van der Waals surface area contributed by atoms with Gasteiger partial charge in [-0.1, -0.05) is 12.0 Å². The van der Waals surface area contributed by atoms with E-state index in [2.05, 4.69) is 16.1 Å². The number of nitrogens with zero attached hydrogens (tertiary/aromatic N) is 1. The van der Waals surface area contributed by atoms with Gasteiger partial charge in [0.05, 0.1) is 6.54 Å². The van der Waals surface area contributed by atoms with E-state index in [9.17, 15) is 4.79 Å². The number of nitrogens with one attached hydrogen (secondary N) is 1. The van der Waals surface area contributed by atoms with Crippen molar-refractivity contribution in [2.75, 3.05) is 23.3 Å². The smallest absolute Gasteiger partial charge is 0.245 e. The van der Waals surface area contributed by atoms with Gasteiger partial charge in [-0.15, -0.1) is 6.42 Å². The topological polar surface area (TPSA) is 58.4 Å². The zero-order valence-electron chi connectivity index (χ0n) is 9.73. The highest BCUT2D eigenvalue weighted by molar-refractivity contribution is 6.02. The van der Waals surface area contributed by atoms with Crippen LogP contribution in [0.15, 0.2) is 18.2 Å². The summed E-state index contributed by atoms with van der Waals surface area (Å²) in [6, 6.07) is 5.19. The molecule has 1 unspecified atom stereocenters. The van der Waals surface area contributed by atoms with Gasteiger partial charge in [0, 0.05) is 23.5 Å². The third kappa shape index (κ3) is 1.97. The van der Waals surface area contributed by atoms with Crippen molar-refractivity contribution in [2.24, 2.45) is 5.73 Å². The predicted molar refractivity (Wildman–Crippen MR) is 68.7 cm³/mol. The Morgan fingerprint density at radius 1 is 1.59 bits per heavy atom. The van der Waals surface area contributed by atoms with Gasteiger partial charge < -0.3 is 16.0 Å². The molecule has 0 saturated carbocycles. The maximum absolute atomic E-state index is 11.4. The first-order chi connectivity index (χ1) is 8.17. The molecule has 1 aliphatic heterocycles. The van der Waals surface area contributed by atoms with Crippen LogP contribution in [0.2, 0.25) is 0 Å². The van der Waals surface area contributed by atoms with Crippen LogP contribution in [-0.4, -0.2) is 19.0 Å². The number of amides is 1. The molecule has 1 amide bonds. The predicted octanol–water partition coefficient (Wildman–Crippen LogP) is 1.10. The minimum absolute atomic E-state index is 0.155. The lowest BCUT2D eigenvalue weighted by Crippen LogP contribution is -2.22. The molecule has 3 N–H and O–H groups in total. The zero-order valence-corrected chi connectivity index (χ0v) is 9.73. The van der Waals surface area contributed by atoms with Crippen LogP contribution < -0.4 is 16.0 Å². The Bertz CT molecular complexity index is 490. The molecule has 1 atom stereocenters. The molecule has 4 nitrogen and oxygen atoms in total. The third-order valence-electron chi connectivity index (χ3n) is 2.94. The van der Waals surface area contributed by atoms with Crippen molar-refractivity contribution in [3.63, 3.8) is 0 Å². The fourth-order valence-electron chi connectivity index (χ4n) is 1.97. The van der Waals surface area contributed by atoms with Crippen LogP contribution in [0.25, 0.3) is 0 Å². The van der Waals surface area contributed by atoms with Crippen LogP contribution in [0, 0.1) is 12.3 Å². The third-order valence-corrected chi connectivity index (χ3v) is 2.94. The summed E-state index contributed by atoms with van der Waals surface area (Å²) in [5, 5.41) is 2.77. The SMILES string of the molecule is C#CCN(CC)c1ccc2c(c1)NC(=O)C2N. The van der Waals surface area contributed by atoms with Crippen molar-refractivity contribution in [1.82, 2.24) is 0 Å². The molecule has 1 heterocycles. The van der Waals surface area contributed by atoms with Gasteiger partial charge in [0.15, 0.2) is 0 Å². The minimum atomic E-state index is -0.554. The molecule has 1 aliphatic rings. The Hall–Kier alpha value is -1.99. The van der Waals surface area contributed by atoms with Crippen molar-refractivity contribution < 1.29 is 4.79 Å². The average molecular weight is 229 g/mol. The maximum atomic E-state index is 11.4. The van der Waals surface area contributed by atoms with Gasteiger partial charge in [-0.3, -0.25) is 4.79 Å². The summed E-state index contributed by atoms with van der Waals surface area (Å²) in [5.41, 5.74) is 8.38. The standard InChI is InChI=1S/C13H15N3O/c1-3-7-16(4-2)9-5-6-10-11(8-9)15-13(17)12(10)14/h1,5-6,8,12H,4,7,14H2,2H3,(H,15,17). The zero-order chi connectivity index (χ0) is 12.4. The van der Waals surface area contributed by atoms with Crippen molar-refractivity contribution in [2.45, 2.75) is 13.0 Å². The highest BCUT2D eigenvalue weighted by Crippen LogP contribution is 2.32. The lowest BCUT2D eigenvalue weighted by molar-refractivity contribution is -0.116. The molecule has 2 rings (SSSR count). The van der Waals surface area contributed by atoms with Gasteiger partial charge in [0.1, 0.15) is 6.04 Å². The number of benzene rings is 1. The number of rotatable bonds is 3. The van der Waals surface area contributed by atoms with Gasteiger partial charge in [-0.25, -0.2) is 0 Å². The van der Waals surface area contributed by atoms with E-state index in [1.165, 1.54) is 0 Å². The van der Waals surface area contributed by atoms with E-state index in [1.54, 1.807) is 0 Å². The number of fused-ring (bicyclic) bond motifs is 1. The second-order valence-corrected chi connectivity index (χ2v) is 3.96. The second kappa shape index (κ2) is 4.48. The van der Waals surface area contributed by atoms with Crippen molar-refractivity contribution >= 4 is 17.3 Å². The number of anilines is 2. The first-order valence-corrected chi connectivity index (χ1v) is 5.56. The molecule has 0 fully saturated rings. The van der Waals surface area contributed by atoms with Crippen molar-refractivity contribution in [3.05, 3.63) is 23.8 Å². The van der Waals surface area contributed by atoms with E-state index >= 15 is 0 Å². The fraction of sp³-hybridized carbons (Fsp3) is 0.308. The molecule has 1 aromatic carbocycles. The molecule has 88 valence electrons. The molecular formula is C13H15N3O. The van der Waals surface area contributed by atoms with Crippen LogP contribution in [0.5, 0.6) is 0 Å². The molecule has 0 spiro atoms. The summed E-state index contributed by atoms with van der Waals surface area (Å²) >= 11 is 0. The molecule has 0 aliphatic carbocycles. The fourth-order valence-corrected chi connectivity index (χ4v) is 1.97. The lowest BCUT2D eigenvalue weighted by atomic mass is 10.1. The van der Waals surface area contributed by atoms with Gasteiger partial charge in [-0.05, 0) is 19.1 Å². The molecule has 4 heteroatoms. The Morgan fingerprint density at radius 2 is 2.35 bits per heavy atom. The number of carbonyl (C=O) groups is 1. The van der Waals surface area contributed by atoms with Crippen LogP contribution >= 0.6 is 0 Å². The largest absolute Gasteiger partial charge is 0.361 e. The van der Waals surface area contributed by atoms with E-state index in [0.717, 1.165) is 23.5 Å². The van der Waals surface area contributed by atoms with Crippen LogP contribution in [0.1, 0.15) is 18.5 Å². The summed E-state index contributed by atoms with van der Waals surface area (Å²) in [4.78, 5) is 13.5. The molecule has 0 bridgehead atoms. The number of nitrogens with two attached hydrogens (primary N) is 1. The Morgan fingerprint density at radius 3 is 3.00 bits per heavy atom. The van der Waals surface area contributed by atoms with E-state index in [1.807, 2.05) is 25.1 Å². The summed E-state index contributed by atoms with van der Waals surface area (Å²) < 4.78 is 0. The Kier molecular flexibility index (Phi) is 3.03. The summed E-state index contributed by atoms with van der Waals surface area (Å²) in [6.45, 7) is 3.41. The van der Waals surface area contributed by atoms with Gasteiger partial charge in [0.2, 0.25) is 5.91 Å². The van der Waals surface area contributed by atoms with E-state index in [-0.39, 0.29) is 5.91 Å². The molecule has 0 radical (unpaired) electrons. The van der Waals surface area contributed by atoms with E-state index < -0.39 is 6.04 Å². The summed E-state index contributed by atoms with van der Waals surface area (Å²) in [6.07, 6.45) is 5.32. The molecular weight excluding hydrogens is 214 g/mol. The maximum Gasteiger partial charge on any atom is 0.245 e. The van der Waals surface area contributed by atoms with Crippen LogP contribution in [0.3, 0.4) is 0 Å². The number of carbonyl (C=O) groups excluding carboxylic acids is 1. The Balaban J connectivity index is 2.33. The molecule has 1 aromatic rings. The number of hydrogen-bond donors (Lipinski definition) is 2. The number of terminal acetylenes is 1. The monoisotopic (exact) mass is 229 g/mol. The van der Waals surface area contributed by atoms with Crippen LogP contribution in [0.4, 0.5) is 11.4 Å². The molecule has 0 saturated heterocycles. The normalized spacial score (nSPS) is 17.2. The highest BCUT2D eigenvalue weighted by Gasteiger charge is 2.27. The Labute approximate surface area is 101 Å². The molecule has 17 heavy (non-hydrogen) atoms. The summed E-state index contributed by atoms with van der Waals surface area (Å²) in [5.74, 6) is 2.46. The van der Waals surface area contributed by atoms with Crippen LogP contribution in [-0.2, 0) is 4.79 Å². The van der Waals surface area contributed by atoms with E-state index in [0.29, 0.717) is 6.54 Å².